The largest absolute Gasteiger partial charge is 0.488 e. The molecule has 21 heavy (non-hydrogen) atoms. The summed E-state index contributed by atoms with van der Waals surface area (Å²) >= 11 is 5.89. The molecule has 0 aliphatic heterocycles. The molecule has 0 bridgehead atoms. The minimum atomic E-state index is -0.748. The molecule has 0 radical (unpaired) electrons. The summed E-state index contributed by atoms with van der Waals surface area (Å²) in [7, 11) is 0. The van der Waals surface area contributed by atoms with E-state index in [1.165, 1.54) is 18.2 Å². The third kappa shape index (κ3) is 3.72. The molecule has 0 heterocycles. The van der Waals surface area contributed by atoms with E-state index in [4.69, 9.17) is 21.6 Å². The summed E-state index contributed by atoms with van der Waals surface area (Å²) in [5, 5.41) is 19.2. The van der Waals surface area contributed by atoms with Crippen molar-refractivity contribution in [3.63, 3.8) is 0 Å². The third-order valence-electron chi connectivity index (χ3n) is 2.99. The Balaban J connectivity index is 2.25. The molecule has 0 unspecified atom stereocenters. The molecule has 0 aromatic heterocycles. The number of halogens is 2. The predicted octanol–water partition coefficient (Wildman–Crippen LogP) is 3.98. The second kappa shape index (κ2) is 6.57. The van der Waals surface area contributed by atoms with Crippen molar-refractivity contribution in [1.82, 2.24) is 0 Å². The summed E-state index contributed by atoms with van der Waals surface area (Å²) in [5.74, 6) is 0.0157. The van der Waals surface area contributed by atoms with Gasteiger partial charge in [0, 0.05) is 16.1 Å². The number of ether oxygens (including phenoxy) is 1. The summed E-state index contributed by atoms with van der Waals surface area (Å²) in [4.78, 5) is 0. The fourth-order valence-electron chi connectivity index (χ4n) is 1.92. The first-order chi connectivity index (χ1) is 10.0. The van der Waals surface area contributed by atoms with Crippen LogP contribution in [0.1, 0.15) is 29.7 Å². The number of hydrogen-bond donors (Lipinski definition) is 1. The minimum Gasteiger partial charge on any atom is -0.488 e. The van der Waals surface area contributed by atoms with Gasteiger partial charge in [0.15, 0.2) is 0 Å². The molecular formula is C16H13ClFNO2. The number of nitriles is 1. The molecule has 5 heteroatoms. The Bertz CT molecular complexity index is 695. The lowest BCUT2D eigenvalue weighted by Gasteiger charge is -2.14. The van der Waals surface area contributed by atoms with Gasteiger partial charge >= 0.3 is 0 Å². The van der Waals surface area contributed by atoms with Crippen LogP contribution < -0.4 is 4.74 Å². The van der Waals surface area contributed by atoms with Gasteiger partial charge in [0.25, 0.3) is 0 Å². The summed E-state index contributed by atoms with van der Waals surface area (Å²) < 4.78 is 18.8. The van der Waals surface area contributed by atoms with Gasteiger partial charge in [0.05, 0.1) is 17.7 Å². The zero-order valence-electron chi connectivity index (χ0n) is 11.3. The molecule has 1 atom stereocenters. The van der Waals surface area contributed by atoms with Crippen LogP contribution in [0.25, 0.3) is 0 Å². The van der Waals surface area contributed by atoms with E-state index in [1.54, 1.807) is 25.1 Å². The van der Waals surface area contributed by atoms with E-state index in [0.717, 1.165) is 0 Å². The van der Waals surface area contributed by atoms with Crippen molar-refractivity contribution in [2.75, 3.05) is 0 Å². The SMILES string of the molecule is C[C@H](O)c1cc(Cl)ccc1OCc1cc(F)ccc1C#N. The molecule has 2 aromatic carbocycles. The van der Waals surface area contributed by atoms with Gasteiger partial charge in [0.1, 0.15) is 18.2 Å². The zero-order valence-corrected chi connectivity index (χ0v) is 12.1. The summed E-state index contributed by atoms with van der Waals surface area (Å²) in [5.41, 5.74) is 1.34. The molecule has 108 valence electrons. The average Bonchev–Trinajstić information content (AvgIpc) is 2.46. The second-order valence-electron chi connectivity index (χ2n) is 4.56. The van der Waals surface area contributed by atoms with Gasteiger partial charge in [-0.2, -0.15) is 5.26 Å². The van der Waals surface area contributed by atoms with Crippen LogP contribution in [0.15, 0.2) is 36.4 Å². The van der Waals surface area contributed by atoms with E-state index in [1.807, 2.05) is 6.07 Å². The van der Waals surface area contributed by atoms with Crippen LogP contribution in [0.3, 0.4) is 0 Å². The van der Waals surface area contributed by atoms with E-state index in [-0.39, 0.29) is 6.61 Å². The number of aliphatic hydroxyl groups is 1. The van der Waals surface area contributed by atoms with Crippen LogP contribution in [0.5, 0.6) is 5.75 Å². The van der Waals surface area contributed by atoms with Gasteiger partial charge < -0.3 is 9.84 Å². The summed E-state index contributed by atoms with van der Waals surface area (Å²) in [6.45, 7) is 1.63. The molecule has 0 saturated heterocycles. The normalized spacial score (nSPS) is 11.8. The lowest BCUT2D eigenvalue weighted by molar-refractivity contribution is 0.190. The Morgan fingerprint density at radius 1 is 1.33 bits per heavy atom. The molecule has 0 amide bonds. The maximum absolute atomic E-state index is 13.2. The fraction of sp³-hybridized carbons (Fsp3) is 0.188. The minimum absolute atomic E-state index is 0.0298. The Labute approximate surface area is 127 Å². The molecule has 3 nitrogen and oxygen atoms in total. The van der Waals surface area contributed by atoms with E-state index in [9.17, 15) is 9.50 Å². The van der Waals surface area contributed by atoms with E-state index < -0.39 is 11.9 Å². The predicted molar refractivity (Wildman–Crippen MR) is 77.5 cm³/mol. The maximum atomic E-state index is 13.2. The number of benzene rings is 2. The van der Waals surface area contributed by atoms with Crippen LogP contribution in [0.2, 0.25) is 5.02 Å². The van der Waals surface area contributed by atoms with Crippen molar-refractivity contribution in [1.29, 1.82) is 5.26 Å². The molecule has 0 spiro atoms. The highest BCUT2D eigenvalue weighted by atomic mass is 35.5. The summed E-state index contributed by atoms with van der Waals surface area (Å²) in [6.07, 6.45) is -0.748. The topological polar surface area (TPSA) is 53.2 Å². The molecule has 2 aromatic rings. The summed E-state index contributed by atoms with van der Waals surface area (Å²) in [6, 6.07) is 10.8. The van der Waals surface area contributed by atoms with Gasteiger partial charge in [0.2, 0.25) is 0 Å². The zero-order chi connectivity index (χ0) is 15.4. The van der Waals surface area contributed by atoms with Crippen molar-refractivity contribution >= 4 is 11.6 Å². The highest BCUT2D eigenvalue weighted by Crippen LogP contribution is 2.29. The molecule has 2 rings (SSSR count). The van der Waals surface area contributed by atoms with E-state index in [2.05, 4.69) is 0 Å². The van der Waals surface area contributed by atoms with E-state index >= 15 is 0 Å². The maximum Gasteiger partial charge on any atom is 0.125 e. The van der Waals surface area contributed by atoms with Crippen molar-refractivity contribution in [3.05, 3.63) is 63.9 Å². The quantitative estimate of drug-likeness (QED) is 0.929. The van der Waals surface area contributed by atoms with Crippen LogP contribution in [-0.4, -0.2) is 5.11 Å². The van der Waals surface area contributed by atoms with Crippen LogP contribution >= 0.6 is 11.6 Å². The smallest absolute Gasteiger partial charge is 0.125 e. The monoisotopic (exact) mass is 305 g/mol. The molecule has 0 aliphatic carbocycles. The van der Waals surface area contributed by atoms with Gasteiger partial charge in [-0.15, -0.1) is 0 Å². The first kappa shape index (κ1) is 15.3. The third-order valence-corrected chi connectivity index (χ3v) is 3.23. The van der Waals surface area contributed by atoms with Crippen LogP contribution in [0.4, 0.5) is 4.39 Å². The van der Waals surface area contributed by atoms with E-state index in [0.29, 0.717) is 27.5 Å². The highest BCUT2D eigenvalue weighted by molar-refractivity contribution is 6.30. The molecule has 0 aliphatic rings. The fourth-order valence-corrected chi connectivity index (χ4v) is 2.10. The molecular weight excluding hydrogens is 293 g/mol. The number of rotatable bonds is 4. The Morgan fingerprint density at radius 3 is 2.76 bits per heavy atom. The van der Waals surface area contributed by atoms with Crippen molar-refractivity contribution in [2.45, 2.75) is 19.6 Å². The van der Waals surface area contributed by atoms with Crippen LogP contribution in [-0.2, 0) is 6.61 Å². The Kier molecular flexibility index (Phi) is 4.79. The van der Waals surface area contributed by atoms with Gasteiger partial charge in [-0.1, -0.05) is 11.6 Å². The first-order valence-corrected chi connectivity index (χ1v) is 6.68. The number of hydrogen-bond acceptors (Lipinski definition) is 3. The van der Waals surface area contributed by atoms with Crippen LogP contribution in [0, 0.1) is 17.1 Å². The van der Waals surface area contributed by atoms with Crippen molar-refractivity contribution in [3.8, 4) is 11.8 Å². The molecule has 1 N–H and O–H groups in total. The second-order valence-corrected chi connectivity index (χ2v) is 5.00. The Morgan fingerprint density at radius 2 is 2.10 bits per heavy atom. The number of nitrogens with zero attached hydrogens (tertiary/aromatic N) is 1. The Hall–Kier alpha value is -2.09. The van der Waals surface area contributed by atoms with Crippen molar-refractivity contribution in [2.24, 2.45) is 0 Å². The van der Waals surface area contributed by atoms with Crippen molar-refractivity contribution < 1.29 is 14.2 Å². The van der Waals surface area contributed by atoms with Gasteiger partial charge in [-0.3, -0.25) is 0 Å². The van der Waals surface area contributed by atoms with Gasteiger partial charge in [-0.25, -0.2) is 4.39 Å². The standard InChI is InChI=1S/C16H13ClFNO2/c1-10(20)15-7-13(17)3-5-16(15)21-9-12-6-14(18)4-2-11(12)8-19/h2-7,10,20H,9H2,1H3/t10-/m0/s1. The average molecular weight is 306 g/mol. The molecule has 0 fully saturated rings. The van der Waals surface area contributed by atoms with Gasteiger partial charge in [-0.05, 0) is 43.3 Å². The molecule has 0 saturated carbocycles. The lowest BCUT2D eigenvalue weighted by atomic mass is 10.1. The number of aliphatic hydroxyl groups excluding tert-OH is 1. The first-order valence-electron chi connectivity index (χ1n) is 6.30. The highest BCUT2D eigenvalue weighted by Gasteiger charge is 2.11. The lowest BCUT2D eigenvalue weighted by Crippen LogP contribution is -2.03.